The van der Waals surface area contributed by atoms with Gasteiger partial charge in [-0.05, 0) is 0 Å². The van der Waals surface area contributed by atoms with Crippen molar-refractivity contribution in [2.75, 3.05) is 0 Å². The smallest absolute Gasteiger partial charge is 0.274 e. The third kappa shape index (κ3) is 1.62. The first kappa shape index (κ1) is 10.5. The van der Waals surface area contributed by atoms with E-state index < -0.39 is 11.2 Å². The van der Waals surface area contributed by atoms with Crippen LogP contribution in [0.25, 0.3) is 16.5 Å². The highest BCUT2D eigenvalue weighted by Gasteiger charge is 2.05. The summed E-state index contributed by atoms with van der Waals surface area (Å²) >= 11 is 0. The predicted molar refractivity (Wildman–Crippen MR) is 68.0 cm³/mol. The van der Waals surface area contributed by atoms with Crippen LogP contribution in [0.5, 0.6) is 0 Å². The van der Waals surface area contributed by atoms with E-state index in [1.54, 1.807) is 12.4 Å². The zero-order chi connectivity index (χ0) is 12.5. The minimum absolute atomic E-state index is 0.413. The molecule has 5 nitrogen and oxygen atoms in total. The van der Waals surface area contributed by atoms with E-state index in [-0.39, 0.29) is 0 Å². The fraction of sp³-hybridized carbons (Fsp3) is 0. The molecule has 0 saturated carbocycles. The topological polar surface area (TPSA) is 67.8 Å². The lowest BCUT2D eigenvalue weighted by atomic mass is 10.1. The lowest BCUT2D eigenvalue weighted by molar-refractivity contribution is 0.897. The second-order valence-corrected chi connectivity index (χ2v) is 3.86. The molecule has 1 N–H and O–H groups in total. The number of H-pyrrole nitrogens is 1. The highest BCUT2D eigenvalue weighted by molar-refractivity contribution is 5.88. The minimum Gasteiger partial charge on any atom is -0.274 e. The van der Waals surface area contributed by atoms with Crippen LogP contribution in [0.4, 0.5) is 0 Å². The maximum atomic E-state index is 11.8. The fourth-order valence-corrected chi connectivity index (χ4v) is 1.90. The van der Waals surface area contributed by atoms with Gasteiger partial charge in [-0.25, -0.2) is 4.79 Å². The molecule has 5 heteroatoms. The molecule has 88 valence electrons. The second-order valence-electron chi connectivity index (χ2n) is 3.86. The lowest BCUT2D eigenvalue weighted by Gasteiger charge is -2.07. The van der Waals surface area contributed by atoms with Crippen LogP contribution < -0.4 is 11.2 Å². The Morgan fingerprint density at radius 3 is 2.72 bits per heavy atom. The van der Waals surface area contributed by atoms with E-state index in [1.165, 1.54) is 16.8 Å². The van der Waals surface area contributed by atoms with Crippen LogP contribution in [0.3, 0.4) is 0 Å². The Morgan fingerprint density at radius 1 is 1.06 bits per heavy atom. The van der Waals surface area contributed by atoms with Crippen molar-refractivity contribution in [3.8, 4) is 5.69 Å². The van der Waals surface area contributed by atoms with Crippen molar-refractivity contribution in [3.63, 3.8) is 0 Å². The van der Waals surface area contributed by atoms with Gasteiger partial charge in [-0.15, -0.1) is 0 Å². The number of nitrogens with one attached hydrogen (secondary N) is 1. The molecular weight excluding hydrogens is 230 g/mol. The summed E-state index contributed by atoms with van der Waals surface area (Å²) in [4.78, 5) is 29.1. The maximum absolute atomic E-state index is 11.8. The molecule has 0 saturated heterocycles. The zero-order valence-electron chi connectivity index (χ0n) is 9.33. The first-order valence-electron chi connectivity index (χ1n) is 5.41. The van der Waals surface area contributed by atoms with E-state index >= 15 is 0 Å². The molecular formula is C13H9N3O2. The van der Waals surface area contributed by atoms with Gasteiger partial charge in [0.15, 0.2) is 0 Å². The van der Waals surface area contributed by atoms with Gasteiger partial charge in [0.05, 0.1) is 11.9 Å². The van der Waals surface area contributed by atoms with Gasteiger partial charge in [0, 0.05) is 29.2 Å². The van der Waals surface area contributed by atoms with Crippen LogP contribution in [0.15, 0.2) is 58.5 Å². The summed E-state index contributed by atoms with van der Waals surface area (Å²) in [5.41, 5.74) is -0.237. The Labute approximate surface area is 101 Å². The van der Waals surface area contributed by atoms with Crippen LogP contribution in [-0.4, -0.2) is 14.5 Å². The first-order chi connectivity index (χ1) is 8.75. The molecule has 0 bridgehead atoms. The largest absolute Gasteiger partial charge is 0.332 e. The molecule has 0 amide bonds. The molecule has 18 heavy (non-hydrogen) atoms. The van der Waals surface area contributed by atoms with Gasteiger partial charge in [0.25, 0.3) is 5.56 Å². The number of aromatic amines is 1. The zero-order valence-corrected chi connectivity index (χ0v) is 9.33. The lowest BCUT2D eigenvalue weighted by Crippen LogP contribution is -2.27. The Morgan fingerprint density at radius 2 is 1.89 bits per heavy atom. The Balaban J connectivity index is 2.38. The molecule has 0 aliphatic heterocycles. The summed E-state index contributed by atoms with van der Waals surface area (Å²) in [6, 6.07) is 8.93. The van der Waals surface area contributed by atoms with Crippen molar-refractivity contribution in [2.45, 2.75) is 0 Å². The van der Waals surface area contributed by atoms with Crippen LogP contribution in [-0.2, 0) is 0 Å². The molecule has 0 aliphatic rings. The van der Waals surface area contributed by atoms with Crippen LogP contribution in [0.2, 0.25) is 0 Å². The number of nitrogens with zero attached hydrogens (tertiary/aromatic N) is 2. The highest BCUT2D eigenvalue weighted by atomic mass is 16.2. The van der Waals surface area contributed by atoms with E-state index in [4.69, 9.17) is 0 Å². The average molecular weight is 239 g/mol. The van der Waals surface area contributed by atoms with Crippen molar-refractivity contribution in [3.05, 3.63) is 69.8 Å². The molecule has 1 aromatic carbocycles. The Hall–Kier alpha value is -2.69. The fourth-order valence-electron chi connectivity index (χ4n) is 1.90. The molecule has 3 aromatic rings. The van der Waals surface area contributed by atoms with Gasteiger partial charge in [0.2, 0.25) is 0 Å². The first-order valence-corrected chi connectivity index (χ1v) is 5.41. The number of fused-ring (bicyclic) bond motifs is 1. The van der Waals surface area contributed by atoms with Crippen molar-refractivity contribution in [2.24, 2.45) is 0 Å². The molecule has 2 heterocycles. The van der Waals surface area contributed by atoms with Crippen molar-refractivity contribution >= 4 is 10.8 Å². The van der Waals surface area contributed by atoms with Gasteiger partial charge >= 0.3 is 5.69 Å². The summed E-state index contributed by atoms with van der Waals surface area (Å²) in [5.74, 6) is 0. The molecule has 2 aromatic heterocycles. The number of rotatable bonds is 1. The van der Waals surface area contributed by atoms with E-state index in [1.807, 2.05) is 24.3 Å². The molecule has 0 unspecified atom stereocenters. The summed E-state index contributed by atoms with van der Waals surface area (Å²) in [6.07, 6.45) is 4.78. The van der Waals surface area contributed by atoms with Gasteiger partial charge in [-0.2, -0.15) is 0 Å². The third-order valence-electron chi connectivity index (χ3n) is 2.73. The Kier molecular flexibility index (Phi) is 2.30. The predicted octanol–water partition coefficient (Wildman–Crippen LogP) is 1.07. The van der Waals surface area contributed by atoms with Crippen LogP contribution in [0.1, 0.15) is 0 Å². The quantitative estimate of drug-likeness (QED) is 0.690. The number of aromatic nitrogens is 3. The number of hydrogen-bond donors (Lipinski definition) is 1. The van der Waals surface area contributed by atoms with E-state index in [0.29, 0.717) is 5.69 Å². The third-order valence-corrected chi connectivity index (χ3v) is 2.73. The SMILES string of the molecule is O=c1ccn(-c2cncc3ccccc23)c(=O)[nH]1. The molecule has 3 rings (SSSR count). The van der Waals surface area contributed by atoms with Crippen molar-refractivity contribution in [1.29, 1.82) is 0 Å². The number of hydrogen-bond acceptors (Lipinski definition) is 3. The van der Waals surface area contributed by atoms with Gasteiger partial charge in [-0.3, -0.25) is 19.3 Å². The molecule has 0 spiro atoms. The van der Waals surface area contributed by atoms with E-state index in [9.17, 15) is 9.59 Å². The molecule has 0 radical (unpaired) electrons. The number of pyridine rings is 1. The highest BCUT2D eigenvalue weighted by Crippen LogP contribution is 2.18. The van der Waals surface area contributed by atoms with Crippen LogP contribution >= 0.6 is 0 Å². The molecule has 0 aliphatic carbocycles. The van der Waals surface area contributed by atoms with Crippen molar-refractivity contribution in [1.82, 2.24) is 14.5 Å². The maximum Gasteiger partial charge on any atom is 0.332 e. The summed E-state index contributed by atoms with van der Waals surface area (Å²) in [5, 5.41) is 1.84. The van der Waals surface area contributed by atoms with Crippen molar-refractivity contribution < 1.29 is 0 Å². The second kappa shape index (κ2) is 3.96. The number of benzene rings is 1. The molecule has 0 fully saturated rings. The van der Waals surface area contributed by atoms with E-state index in [2.05, 4.69) is 9.97 Å². The van der Waals surface area contributed by atoms with E-state index in [0.717, 1.165) is 10.8 Å². The summed E-state index contributed by atoms with van der Waals surface area (Å²) < 4.78 is 1.37. The monoisotopic (exact) mass is 239 g/mol. The standard InChI is InChI=1S/C13H9N3O2/c17-12-5-6-16(13(18)15-12)11-8-14-7-9-3-1-2-4-10(9)11/h1-8H,(H,15,17,18). The molecule has 0 atom stereocenters. The minimum atomic E-state index is -0.472. The van der Waals surface area contributed by atoms with Crippen LogP contribution in [0, 0.1) is 0 Å². The Bertz CT molecular complexity index is 828. The van der Waals surface area contributed by atoms with Gasteiger partial charge < -0.3 is 0 Å². The summed E-state index contributed by atoms with van der Waals surface area (Å²) in [6.45, 7) is 0. The normalized spacial score (nSPS) is 10.7. The van der Waals surface area contributed by atoms with Gasteiger partial charge in [0.1, 0.15) is 0 Å². The average Bonchev–Trinajstić information content (AvgIpc) is 2.38. The van der Waals surface area contributed by atoms with Gasteiger partial charge in [-0.1, -0.05) is 24.3 Å². The summed E-state index contributed by atoms with van der Waals surface area (Å²) in [7, 11) is 0.